The van der Waals surface area contributed by atoms with Crippen LogP contribution in [0.5, 0.6) is 0 Å². The van der Waals surface area contributed by atoms with Gasteiger partial charge in [0.25, 0.3) is 0 Å². The molecule has 2 aliphatic rings. The Hall–Kier alpha value is -1.37. The molecule has 1 aromatic rings. The Morgan fingerprint density at radius 1 is 0.941 bits per heavy atom. The van der Waals surface area contributed by atoms with Gasteiger partial charge < -0.3 is 0 Å². The van der Waals surface area contributed by atoms with Crippen LogP contribution < -0.4 is 0 Å². The van der Waals surface area contributed by atoms with Crippen LogP contribution in [0.3, 0.4) is 0 Å². The summed E-state index contributed by atoms with van der Waals surface area (Å²) >= 11 is 0. The van der Waals surface area contributed by atoms with Gasteiger partial charge in [-0.3, -0.25) is 4.79 Å². The molecule has 0 bridgehead atoms. The third-order valence-corrected chi connectivity index (χ3v) is 4.23. The number of rotatable bonds is 1. The van der Waals surface area contributed by atoms with Gasteiger partial charge in [-0.1, -0.05) is 35.9 Å². The van der Waals surface area contributed by atoms with Gasteiger partial charge in [0, 0.05) is 6.42 Å². The molecule has 0 radical (unpaired) electrons. The normalized spacial score (nSPS) is 28.5. The van der Waals surface area contributed by atoms with Gasteiger partial charge in [-0.25, -0.2) is 0 Å². The Kier molecular flexibility index (Phi) is 2.84. The van der Waals surface area contributed by atoms with Crippen LogP contribution >= 0.6 is 0 Å². The number of carbonyl (C=O) groups excluding carboxylic acids is 1. The minimum absolute atomic E-state index is 0.342. The summed E-state index contributed by atoms with van der Waals surface area (Å²) in [6.07, 6.45) is 7.33. The Balaban J connectivity index is 1.77. The van der Waals surface area contributed by atoms with Gasteiger partial charge in [0.1, 0.15) is 0 Å². The third kappa shape index (κ3) is 2.19. The SMILES string of the molecule is O=C1C=C2CC[C@@H](c3ccccc3)C[C@@H]2CC1. The predicted molar refractivity (Wildman–Crippen MR) is 68.8 cm³/mol. The average Bonchev–Trinajstić information content (AvgIpc) is 2.39. The quantitative estimate of drug-likeness (QED) is 0.710. The lowest BCUT2D eigenvalue weighted by Crippen LogP contribution is -2.21. The van der Waals surface area contributed by atoms with Crippen molar-refractivity contribution in [2.24, 2.45) is 5.92 Å². The van der Waals surface area contributed by atoms with E-state index in [-0.39, 0.29) is 0 Å². The van der Waals surface area contributed by atoms with Crippen molar-refractivity contribution in [1.82, 2.24) is 0 Å². The molecule has 1 aromatic carbocycles. The number of fused-ring (bicyclic) bond motifs is 1. The first-order valence-corrected chi connectivity index (χ1v) is 6.61. The summed E-state index contributed by atoms with van der Waals surface area (Å²) in [5.41, 5.74) is 2.90. The number of benzene rings is 1. The molecular formula is C16H18O. The van der Waals surface area contributed by atoms with E-state index in [0.29, 0.717) is 17.6 Å². The molecule has 3 rings (SSSR count). The van der Waals surface area contributed by atoms with Crippen LogP contribution in [0.25, 0.3) is 0 Å². The fourth-order valence-electron chi connectivity index (χ4n) is 3.27. The highest BCUT2D eigenvalue weighted by Gasteiger charge is 2.29. The van der Waals surface area contributed by atoms with E-state index in [1.165, 1.54) is 24.0 Å². The molecule has 88 valence electrons. The summed E-state index contributed by atoms with van der Waals surface area (Å²) < 4.78 is 0. The zero-order valence-electron chi connectivity index (χ0n) is 10.1. The second-order valence-corrected chi connectivity index (χ2v) is 5.30. The van der Waals surface area contributed by atoms with Crippen LogP contribution in [-0.2, 0) is 4.79 Å². The summed E-state index contributed by atoms with van der Waals surface area (Å²) in [5, 5.41) is 0. The number of hydrogen-bond donors (Lipinski definition) is 0. The third-order valence-electron chi connectivity index (χ3n) is 4.23. The second-order valence-electron chi connectivity index (χ2n) is 5.30. The van der Waals surface area contributed by atoms with Gasteiger partial charge in [-0.05, 0) is 49.2 Å². The largest absolute Gasteiger partial charge is 0.295 e. The fraction of sp³-hybridized carbons (Fsp3) is 0.438. The molecule has 0 saturated heterocycles. The maximum Gasteiger partial charge on any atom is 0.155 e. The van der Waals surface area contributed by atoms with E-state index >= 15 is 0 Å². The first-order valence-electron chi connectivity index (χ1n) is 6.61. The standard InChI is InChI=1S/C16H18O/c17-16-9-8-14-10-13(6-7-15(14)11-16)12-4-2-1-3-5-12/h1-5,11,13-14H,6-10H2/t13-,14+/m1/s1. The number of ketones is 1. The van der Waals surface area contributed by atoms with Crippen molar-refractivity contribution < 1.29 is 4.79 Å². The topological polar surface area (TPSA) is 17.1 Å². The summed E-state index contributed by atoms with van der Waals surface area (Å²) in [6.45, 7) is 0. The Labute approximate surface area is 103 Å². The molecule has 0 heterocycles. The number of carbonyl (C=O) groups is 1. The maximum atomic E-state index is 11.4. The Bertz CT molecular complexity index is 444. The zero-order valence-corrected chi connectivity index (χ0v) is 10.1. The highest BCUT2D eigenvalue weighted by Crippen LogP contribution is 2.42. The predicted octanol–water partition coefficient (Wildman–Crippen LogP) is 3.86. The Morgan fingerprint density at radius 2 is 1.71 bits per heavy atom. The lowest BCUT2D eigenvalue weighted by molar-refractivity contribution is -0.115. The van der Waals surface area contributed by atoms with Crippen LogP contribution in [0.15, 0.2) is 42.0 Å². The van der Waals surface area contributed by atoms with E-state index < -0.39 is 0 Å². The molecule has 0 aromatic heterocycles. The highest BCUT2D eigenvalue weighted by molar-refractivity contribution is 5.91. The zero-order chi connectivity index (χ0) is 11.7. The van der Waals surface area contributed by atoms with Crippen LogP contribution in [0.4, 0.5) is 0 Å². The van der Waals surface area contributed by atoms with Gasteiger partial charge in [0.2, 0.25) is 0 Å². The molecule has 1 nitrogen and oxygen atoms in total. The van der Waals surface area contributed by atoms with Crippen molar-refractivity contribution >= 4 is 5.78 Å². The average molecular weight is 226 g/mol. The van der Waals surface area contributed by atoms with Crippen molar-refractivity contribution in [3.05, 3.63) is 47.5 Å². The monoisotopic (exact) mass is 226 g/mol. The van der Waals surface area contributed by atoms with Crippen LogP contribution in [0, 0.1) is 5.92 Å². The summed E-state index contributed by atoms with van der Waals surface area (Å²) in [5.74, 6) is 1.72. The number of allylic oxidation sites excluding steroid dienone is 2. The molecule has 0 unspecified atom stereocenters. The summed E-state index contributed by atoms with van der Waals surface area (Å²) in [4.78, 5) is 11.4. The lowest BCUT2D eigenvalue weighted by atomic mass is 9.71. The highest BCUT2D eigenvalue weighted by atomic mass is 16.1. The van der Waals surface area contributed by atoms with Crippen molar-refractivity contribution in [2.45, 2.75) is 38.0 Å². The van der Waals surface area contributed by atoms with Crippen LogP contribution in [0.2, 0.25) is 0 Å². The molecule has 2 aliphatic carbocycles. The summed E-state index contributed by atoms with van der Waals surface area (Å²) in [6, 6.07) is 10.8. The van der Waals surface area contributed by atoms with E-state index in [2.05, 4.69) is 30.3 Å². The molecule has 0 aliphatic heterocycles. The molecule has 2 atom stereocenters. The second kappa shape index (κ2) is 4.48. The molecule has 0 amide bonds. The molecule has 0 N–H and O–H groups in total. The first-order chi connectivity index (χ1) is 8.33. The van der Waals surface area contributed by atoms with Gasteiger partial charge in [-0.2, -0.15) is 0 Å². The van der Waals surface area contributed by atoms with E-state index in [1.807, 2.05) is 6.08 Å². The van der Waals surface area contributed by atoms with Gasteiger partial charge >= 0.3 is 0 Å². The van der Waals surface area contributed by atoms with Gasteiger partial charge in [0.05, 0.1) is 0 Å². The lowest BCUT2D eigenvalue weighted by Gasteiger charge is -2.33. The molecule has 1 fully saturated rings. The van der Waals surface area contributed by atoms with Crippen molar-refractivity contribution in [3.8, 4) is 0 Å². The molecule has 17 heavy (non-hydrogen) atoms. The molecule has 1 saturated carbocycles. The van der Waals surface area contributed by atoms with Crippen molar-refractivity contribution in [1.29, 1.82) is 0 Å². The fourth-order valence-corrected chi connectivity index (χ4v) is 3.27. The molecule has 1 heteroatoms. The minimum Gasteiger partial charge on any atom is -0.295 e. The molecule has 0 spiro atoms. The van der Waals surface area contributed by atoms with Gasteiger partial charge in [-0.15, -0.1) is 0 Å². The van der Waals surface area contributed by atoms with Gasteiger partial charge in [0.15, 0.2) is 5.78 Å². The number of hydrogen-bond acceptors (Lipinski definition) is 1. The smallest absolute Gasteiger partial charge is 0.155 e. The van der Waals surface area contributed by atoms with E-state index in [0.717, 1.165) is 19.3 Å². The summed E-state index contributed by atoms with van der Waals surface area (Å²) in [7, 11) is 0. The van der Waals surface area contributed by atoms with E-state index in [4.69, 9.17) is 0 Å². The van der Waals surface area contributed by atoms with Crippen molar-refractivity contribution in [3.63, 3.8) is 0 Å². The van der Waals surface area contributed by atoms with Crippen LogP contribution in [-0.4, -0.2) is 5.78 Å². The van der Waals surface area contributed by atoms with Crippen LogP contribution in [0.1, 0.15) is 43.6 Å². The Morgan fingerprint density at radius 3 is 2.53 bits per heavy atom. The maximum absolute atomic E-state index is 11.4. The van der Waals surface area contributed by atoms with Crippen molar-refractivity contribution in [2.75, 3.05) is 0 Å². The minimum atomic E-state index is 0.342. The van der Waals surface area contributed by atoms with E-state index in [1.54, 1.807) is 0 Å². The first kappa shape index (κ1) is 10.8. The molecular weight excluding hydrogens is 208 g/mol. The van der Waals surface area contributed by atoms with E-state index in [9.17, 15) is 4.79 Å².